The molecule has 0 fully saturated rings. The van der Waals surface area contributed by atoms with Gasteiger partial charge < -0.3 is 0 Å². The number of hydrogen-bond acceptors (Lipinski definition) is 3. The zero-order valence-electron chi connectivity index (χ0n) is 4.90. The zero-order chi connectivity index (χ0) is 10.2. The Kier molecular flexibility index (Phi) is 2.95. The molecule has 0 rings (SSSR count). The maximum atomic E-state index is 11.3. The van der Waals surface area contributed by atoms with Crippen LogP contribution >= 0.6 is 10.8 Å². The molecule has 0 aliphatic carbocycles. The van der Waals surface area contributed by atoms with Crippen LogP contribution in [0.1, 0.15) is 0 Å². The lowest BCUT2D eigenvalue weighted by molar-refractivity contribution is -0.0448. The van der Waals surface area contributed by atoms with Gasteiger partial charge in [-0.1, -0.05) is 0 Å². The van der Waals surface area contributed by atoms with E-state index in [0.29, 0.717) is 0 Å². The number of rotatable bonds is 1. The molecular weight excluding hydrogens is 234 g/mol. The minimum absolute atomic E-state index is 2.09. The second-order valence-corrected chi connectivity index (χ2v) is 5.25. The van der Waals surface area contributed by atoms with Gasteiger partial charge in [0.2, 0.25) is 0 Å². The molecule has 74 valence electrons. The number of halogens is 6. The standard InChI is InChI=1S/C2F6O2S2/c3-1(4,5)11-12(9,10)2(6,7)8. The van der Waals surface area contributed by atoms with Crippen molar-refractivity contribution in [3.63, 3.8) is 0 Å². The second kappa shape index (κ2) is 2.98. The molecule has 0 saturated heterocycles. The van der Waals surface area contributed by atoms with Gasteiger partial charge in [-0.2, -0.15) is 26.3 Å². The van der Waals surface area contributed by atoms with E-state index in [-0.39, 0.29) is 0 Å². The predicted molar refractivity (Wildman–Crippen MR) is 28.6 cm³/mol. The Morgan fingerprint density at radius 3 is 1.33 bits per heavy atom. The Bertz CT molecular complexity index is 246. The van der Waals surface area contributed by atoms with Gasteiger partial charge >= 0.3 is 19.9 Å². The average molecular weight is 234 g/mol. The van der Waals surface area contributed by atoms with Gasteiger partial charge in [-0.15, -0.1) is 0 Å². The van der Waals surface area contributed by atoms with Crippen LogP contribution in [0.4, 0.5) is 26.3 Å². The van der Waals surface area contributed by atoms with Crippen molar-refractivity contribution in [1.29, 1.82) is 0 Å². The number of hydrogen-bond donors (Lipinski definition) is 0. The van der Waals surface area contributed by atoms with Gasteiger partial charge in [-0.25, -0.2) is 8.42 Å². The molecule has 0 unspecified atom stereocenters. The maximum absolute atomic E-state index is 11.3. The molecular formula is C2F6O2S2. The zero-order valence-corrected chi connectivity index (χ0v) is 6.53. The van der Waals surface area contributed by atoms with E-state index in [1.807, 2.05) is 0 Å². The fourth-order valence-electron chi connectivity index (χ4n) is 0.172. The third kappa shape index (κ3) is 3.52. The fraction of sp³-hybridized carbons (Fsp3) is 1.00. The maximum Gasteiger partial charge on any atom is 0.507 e. The van der Waals surface area contributed by atoms with Gasteiger partial charge in [0.15, 0.2) is 0 Å². The topological polar surface area (TPSA) is 34.1 Å². The second-order valence-electron chi connectivity index (χ2n) is 1.43. The molecule has 0 radical (unpaired) electrons. The summed E-state index contributed by atoms with van der Waals surface area (Å²) in [7, 11) is -8.25. The summed E-state index contributed by atoms with van der Waals surface area (Å²) in [6.45, 7) is 0. The lowest BCUT2D eigenvalue weighted by Gasteiger charge is -2.08. The Morgan fingerprint density at radius 1 is 0.917 bits per heavy atom. The minimum Gasteiger partial charge on any atom is -0.208 e. The van der Waals surface area contributed by atoms with Gasteiger partial charge in [-0.3, -0.25) is 0 Å². The quantitative estimate of drug-likeness (QED) is 0.514. The first kappa shape index (κ1) is 11.9. The van der Waals surface area contributed by atoms with E-state index >= 15 is 0 Å². The van der Waals surface area contributed by atoms with Crippen LogP contribution in [0.2, 0.25) is 0 Å². The average Bonchev–Trinajstić information content (AvgIpc) is 1.52. The molecule has 0 bridgehead atoms. The van der Waals surface area contributed by atoms with E-state index in [4.69, 9.17) is 0 Å². The first-order valence-electron chi connectivity index (χ1n) is 2.04. The summed E-state index contributed by atoms with van der Waals surface area (Å²) in [6, 6.07) is 0. The highest BCUT2D eigenvalue weighted by Gasteiger charge is 2.53. The van der Waals surface area contributed by atoms with Crippen LogP contribution in [0.3, 0.4) is 0 Å². The predicted octanol–water partition coefficient (Wildman–Crippen LogP) is 2.09. The van der Waals surface area contributed by atoms with Crippen molar-refractivity contribution >= 4 is 19.7 Å². The van der Waals surface area contributed by atoms with Crippen LogP contribution in [0.25, 0.3) is 0 Å². The molecule has 2 nitrogen and oxygen atoms in total. The van der Waals surface area contributed by atoms with E-state index in [9.17, 15) is 34.8 Å². The van der Waals surface area contributed by atoms with Crippen molar-refractivity contribution in [2.75, 3.05) is 0 Å². The lowest BCUT2D eigenvalue weighted by Crippen LogP contribution is -2.23. The van der Waals surface area contributed by atoms with Gasteiger partial charge in [0.1, 0.15) is 0 Å². The summed E-state index contributed by atoms with van der Waals surface area (Å²) in [5.74, 6) is 0. The van der Waals surface area contributed by atoms with Crippen molar-refractivity contribution < 1.29 is 34.8 Å². The molecule has 0 spiro atoms. The Labute approximate surface area is 66.2 Å². The summed E-state index contributed by atoms with van der Waals surface area (Å²) in [6.07, 6.45) is 0. The van der Waals surface area contributed by atoms with Crippen LogP contribution < -0.4 is 0 Å². The van der Waals surface area contributed by atoms with E-state index in [1.165, 1.54) is 0 Å². The fourth-order valence-corrected chi connectivity index (χ4v) is 1.54. The van der Waals surface area contributed by atoms with Crippen molar-refractivity contribution in [2.45, 2.75) is 11.0 Å². The van der Waals surface area contributed by atoms with Crippen LogP contribution in [0.5, 0.6) is 0 Å². The molecule has 0 heterocycles. The highest BCUT2D eigenvalue weighted by Crippen LogP contribution is 2.42. The summed E-state index contributed by atoms with van der Waals surface area (Å²) in [5.41, 5.74) is -11.3. The summed E-state index contributed by atoms with van der Waals surface area (Å²) in [5, 5.41) is 0. The Morgan fingerprint density at radius 2 is 1.25 bits per heavy atom. The minimum atomic E-state index is -6.16. The monoisotopic (exact) mass is 234 g/mol. The molecule has 0 aromatic rings. The van der Waals surface area contributed by atoms with Crippen molar-refractivity contribution in [3.8, 4) is 0 Å². The Hall–Kier alpha value is -0.120. The smallest absolute Gasteiger partial charge is 0.208 e. The van der Waals surface area contributed by atoms with Crippen LogP contribution in [0, 0.1) is 0 Å². The van der Waals surface area contributed by atoms with Crippen molar-refractivity contribution in [3.05, 3.63) is 0 Å². The SMILES string of the molecule is O=S(=O)(SC(F)(F)F)C(F)(F)F. The molecule has 0 saturated carbocycles. The normalized spacial score (nSPS) is 14.8. The third-order valence-electron chi connectivity index (χ3n) is 0.488. The van der Waals surface area contributed by atoms with Crippen molar-refractivity contribution in [1.82, 2.24) is 0 Å². The van der Waals surface area contributed by atoms with Gasteiger partial charge in [-0.05, 0) is 0 Å². The van der Waals surface area contributed by atoms with Crippen LogP contribution in [0.15, 0.2) is 0 Å². The molecule has 0 aliphatic heterocycles. The summed E-state index contributed by atoms with van der Waals surface area (Å²) in [4.78, 5) is 0. The van der Waals surface area contributed by atoms with Crippen LogP contribution in [-0.2, 0) is 8.87 Å². The third-order valence-corrected chi connectivity index (χ3v) is 3.26. The van der Waals surface area contributed by atoms with Crippen molar-refractivity contribution in [2.24, 2.45) is 0 Å². The van der Waals surface area contributed by atoms with E-state index in [0.717, 1.165) is 0 Å². The molecule has 10 heteroatoms. The van der Waals surface area contributed by atoms with Gasteiger partial charge in [0.05, 0.1) is 10.8 Å². The lowest BCUT2D eigenvalue weighted by atomic mass is 11.6. The first-order valence-corrected chi connectivity index (χ1v) is 4.86. The highest BCUT2D eigenvalue weighted by molar-refractivity contribution is 8.72. The molecule has 0 aromatic heterocycles. The van der Waals surface area contributed by atoms with Gasteiger partial charge in [0, 0.05) is 0 Å². The van der Waals surface area contributed by atoms with E-state index in [1.54, 1.807) is 0 Å². The highest BCUT2D eigenvalue weighted by atomic mass is 33.1. The molecule has 0 atom stereocenters. The van der Waals surface area contributed by atoms with Crippen LogP contribution in [-0.4, -0.2) is 19.4 Å². The summed E-state index contributed by atoms with van der Waals surface area (Å²) < 4.78 is 86.8. The molecule has 0 aliphatic rings. The van der Waals surface area contributed by atoms with Gasteiger partial charge in [0.25, 0.3) is 0 Å². The molecule has 0 amide bonds. The number of alkyl halides is 6. The molecule has 0 aromatic carbocycles. The van der Waals surface area contributed by atoms with E-state index in [2.05, 4.69) is 0 Å². The summed E-state index contributed by atoms with van der Waals surface area (Å²) >= 11 is 0. The Balaban J connectivity index is 4.70. The van der Waals surface area contributed by atoms with E-state index < -0.39 is 30.7 Å². The molecule has 0 N–H and O–H groups in total. The molecule has 12 heavy (non-hydrogen) atoms. The first-order chi connectivity index (χ1) is 4.96. The largest absolute Gasteiger partial charge is 0.507 e.